The molecule has 1 aromatic carbocycles. The lowest BCUT2D eigenvalue weighted by atomic mass is 10.2. The summed E-state index contributed by atoms with van der Waals surface area (Å²) in [6.07, 6.45) is 0. The number of esters is 1. The molecule has 0 amide bonds. The van der Waals surface area contributed by atoms with Crippen molar-refractivity contribution < 1.29 is 24.1 Å². The van der Waals surface area contributed by atoms with Crippen molar-refractivity contribution in [2.45, 2.75) is 20.4 Å². The summed E-state index contributed by atoms with van der Waals surface area (Å²) < 4.78 is 10.8. The van der Waals surface area contributed by atoms with Crippen LogP contribution in [-0.4, -0.2) is 58.5 Å². The maximum Gasteiger partial charge on any atom is 0.361 e. The number of hydrogen-bond acceptors (Lipinski definition) is 3. The van der Waals surface area contributed by atoms with E-state index in [-0.39, 0.29) is 5.97 Å². The summed E-state index contributed by atoms with van der Waals surface area (Å²) >= 11 is 0. The van der Waals surface area contributed by atoms with E-state index in [4.69, 9.17) is 9.47 Å². The minimum absolute atomic E-state index is 0.0911. The van der Waals surface area contributed by atoms with Gasteiger partial charge < -0.3 is 19.3 Å². The molecule has 2 rings (SSSR count). The van der Waals surface area contributed by atoms with Gasteiger partial charge in [-0.25, -0.2) is 4.79 Å². The van der Waals surface area contributed by atoms with Gasteiger partial charge in [-0.1, -0.05) is 44.2 Å². The zero-order chi connectivity index (χ0) is 17.2. The molecule has 0 bridgehead atoms. The highest BCUT2D eigenvalue weighted by Crippen LogP contribution is 1.95. The van der Waals surface area contributed by atoms with Gasteiger partial charge in [0, 0.05) is 5.56 Å². The molecule has 1 unspecified atom stereocenters. The Morgan fingerprint density at radius 3 is 2.62 bits per heavy atom. The fourth-order valence-electron chi connectivity index (χ4n) is 2.90. The van der Waals surface area contributed by atoms with Crippen molar-refractivity contribution in [3.05, 3.63) is 35.9 Å². The van der Waals surface area contributed by atoms with Crippen LogP contribution in [0.1, 0.15) is 19.4 Å². The minimum atomic E-state index is -0.0911. The number of rotatable bonds is 9. The van der Waals surface area contributed by atoms with E-state index >= 15 is 0 Å². The highest BCUT2D eigenvalue weighted by atomic mass is 16.5. The standard InChI is InChI=1S/C19H30N2O3/c1-17(2)16-24-19(22)15-21(14-18-6-4-3-5-7-18)9-8-20-10-12-23-13-11-20/h3-7,17H,8-16H2,1-2H3/p+2. The monoisotopic (exact) mass is 336 g/mol. The second-order valence-electron chi connectivity index (χ2n) is 7.03. The average molecular weight is 336 g/mol. The van der Waals surface area contributed by atoms with Gasteiger partial charge in [-0.3, -0.25) is 0 Å². The van der Waals surface area contributed by atoms with E-state index in [9.17, 15) is 4.79 Å². The van der Waals surface area contributed by atoms with Gasteiger partial charge in [-0.05, 0) is 5.92 Å². The minimum Gasteiger partial charge on any atom is -0.461 e. The summed E-state index contributed by atoms with van der Waals surface area (Å²) in [5.41, 5.74) is 1.26. The first-order chi connectivity index (χ1) is 11.6. The van der Waals surface area contributed by atoms with Crippen molar-refractivity contribution >= 4 is 5.97 Å². The van der Waals surface area contributed by atoms with Crippen LogP contribution in [0.15, 0.2) is 30.3 Å². The van der Waals surface area contributed by atoms with Gasteiger partial charge in [0.2, 0.25) is 0 Å². The van der Waals surface area contributed by atoms with Crippen molar-refractivity contribution in [2.75, 3.05) is 52.5 Å². The first-order valence-corrected chi connectivity index (χ1v) is 9.08. The van der Waals surface area contributed by atoms with E-state index < -0.39 is 0 Å². The Balaban J connectivity index is 1.86. The third-order valence-electron chi connectivity index (χ3n) is 4.30. The number of ether oxygens (including phenoxy) is 2. The van der Waals surface area contributed by atoms with E-state index in [1.54, 1.807) is 4.90 Å². The number of morpholine rings is 1. The van der Waals surface area contributed by atoms with Gasteiger partial charge in [-0.15, -0.1) is 0 Å². The van der Waals surface area contributed by atoms with Gasteiger partial charge in [0.25, 0.3) is 0 Å². The second-order valence-corrected chi connectivity index (χ2v) is 7.03. The molecule has 1 aliphatic rings. The van der Waals surface area contributed by atoms with Crippen molar-refractivity contribution in [3.63, 3.8) is 0 Å². The molecule has 0 aromatic heterocycles. The largest absolute Gasteiger partial charge is 0.461 e. The molecule has 5 nitrogen and oxygen atoms in total. The first-order valence-electron chi connectivity index (χ1n) is 9.08. The van der Waals surface area contributed by atoms with E-state index in [0.717, 1.165) is 45.9 Å². The quantitative estimate of drug-likeness (QED) is 0.580. The van der Waals surface area contributed by atoms with Crippen LogP contribution in [0.5, 0.6) is 0 Å². The Morgan fingerprint density at radius 2 is 1.96 bits per heavy atom. The summed E-state index contributed by atoms with van der Waals surface area (Å²) in [6.45, 7) is 11.8. The Labute approximate surface area is 145 Å². The SMILES string of the molecule is CC(C)COC(=O)C[NH+](CC[NH+]1CCOCC1)Cc1ccccc1. The van der Waals surface area contributed by atoms with Gasteiger partial charge in [-0.2, -0.15) is 0 Å². The molecule has 1 aromatic rings. The summed E-state index contributed by atoms with van der Waals surface area (Å²) in [7, 11) is 0. The highest BCUT2D eigenvalue weighted by molar-refractivity contribution is 5.70. The molecule has 0 saturated carbocycles. The number of carbonyl (C=O) groups is 1. The van der Waals surface area contributed by atoms with Crippen LogP contribution in [0.2, 0.25) is 0 Å². The molecule has 1 saturated heterocycles. The maximum atomic E-state index is 12.1. The molecule has 24 heavy (non-hydrogen) atoms. The summed E-state index contributed by atoms with van der Waals surface area (Å²) in [5.74, 6) is 0.288. The van der Waals surface area contributed by atoms with Crippen LogP contribution in [0, 0.1) is 5.92 Å². The number of carbonyl (C=O) groups excluding carboxylic acids is 1. The molecule has 134 valence electrons. The molecule has 0 spiro atoms. The van der Waals surface area contributed by atoms with Crippen LogP contribution in [0.3, 0.4) is 0 Å². The Morgan fingerprint density at radius 1 is 1.25 bits per heavy atom. The lowest BCUT2D eigenvalue weighted by Crippen LogP contribution is -3.21. The zero-order valence-electron chi connectivity index (χ0n) is 15.1. The Hall–Kier alpha value is -1.43. The first kappa shape index (κ1) is 18.9. The third kappa shape index (κ3) is 7.43. The topological polar surface area (TPSA) is 44.4 Å². The molecule has 2 N–H and O–H groups in total. The summed E-state index contributed by atoms with van der Waals surface area (Å²) in [6, 6.07) is 10.4. The molecule has 1 fully saturated rings. The van der Waals surface area contributed by atoms with Crippen molar-refractivity contribution in [1.29, 1.82) is 0 Å². The second kappa shape index (κ2) is 10.4. The van der Waals surface area contributed by atoms with Gasteiger partial charge in [0.15, 0.2) is 6.54 Å². The number of hydrogen-bond donors (Lipinski definition) is 2. The molecular weight excluding hydrogens is 304 g/mol. The number of benzene rings is 1. The normalized spacial score (nSPS) is 17.0. The van der Waals surface area contributed by atoms with Crippen molar-refractivity contribution in [2.24, 2.45) is 5.92 Å². The lowest BCUT2D eigenvalue weighted by Gasteiger charge is -2.26. The summed E-state index contributed by atoms with van der Waals surface area (Å²) in [4.78, 5) is 15.0. The fraction of sp³-hybridized carbons (Fsp3) is 0.632. The van der Waals surface area contributed by atoms with Crippen molar-refractivity contribution in [3.8, 4) is 0 Å². The van der Waals surface area contributed by atoms with Gasteiger partial charge >= 0.3 is 5.97 Å². The van der Waals surface area contributed by atoms with Crippen LogP contribution >= 0.6 is 0 Å². The lowest BCUT2D eigenvalue weighted by molar-refractivity contribution is -0.964. The molecule has 0 radical (unpaired) electrons. The smallest absolute Gasteiger partial charge is 0.361 e. The summed E-state index contributed by atoms with van der Waals surface area (Å²) in [5, 5.41) is 0. The van der Waals surface area contributed by atoms with E-state index in [2.05, 4.69) is 38.1 Å². The zero-order valence-corrected chi connectivity index (χ0v) is 15.1. The van der Waals surface area contributed by atoms with Crippen molar-refractivity contribution in [1.82, 2.24) is 0 Å². The molecule has 1 atom stereocenters. The predicted octanol–water partition coefficient (Wildman–Crippen LogP) is -0.814. The van der Waals surface area contributed by atoms with Gasteiger partial charge in [0.1, 0.15) is 32.7 Å². The third-order valence-corrected chi connectivity index (χ3v) is 4.30. The molecular formula is C19H32N2O3+2. The van der Waals surface area contributed by atoms with Gasteiger partial charge in [0.05, 0.1) is 19.8 Å². The molecule has 1 aliphatic heterocycles. The highest BCUT2D eigenvalue weighted by Gasteiger charge is 2.20. The molecule has 5 heteroatoms. The fourth-order valence-corrected chi connectivity index (χ4v) is 2.90. The van der Waals surface area contributed by atoms with E-state index in [0.29, 0.717) is 19.1 Å². The predicted molar refractivity (Wildman–Crippen MR) is 93.0 cm³/mol. The molecule has 0 aliphatic carbocycles. The Kier molecular flexibility index (Phi) is 8.22. The van der Waals surface area contributed by atoms with Crippen LogP contribution in [-0.2, 0) is 20.8 Å². The van der Waals surface area contributed by atoms with E-state index in [1.165, 1.54) is 10.5 Å². The maximum absolute atomic E-state index is 12.1. The van der Waals surface area contributed by atoms with E-state index in [1.807, 2.05) is 6.07 Å². The Bertz CT molecular complexity index is 473. The molecule has 1 heterocycles. The van der Waals surface area contributed by atoms with Crippen LogP contribution < -0.4 is 9.80 Å². The number of quaternary nitrogens is 2. The average Bonchev–Trinajstić information content (AvgIpc) is 2.60. The number of nitrogens with one attached hydrogen (secondary N) is 2. The van der Waals surface area contributed by atoms with Crippen LogP contribution in [0.25, 0.3) is 0 Å². The van der Waals surface area contributed by atoms with Crippen LogP contribution in [0.4, 0.5) is 0 Å².